The zero-order chi connectivity index (χ0) is 13.7. The minimum absolute atomic E-state index is 0.139. The van der Waals surface area contributed by atoms with E-state index in [2.05, 4.69) is 64.5 Å². The minimum Gasteiger partial charge on any atom is -0.377 e. The van der Waals surface area contributed by atoms with Crippen LogP contribution in [0.1, 0.15) is 31.1 Å². The third-order valence-corrected chi connectivity index (χ3v) is 5.89. The van der Waals surface area contributed by atoms with E-state index in [1.54, 1.807) is 0 Å². The summed E-state index contributed by atoms with van der Waals surface area (Å²) >= 11 is 2.40. The van der Waals surface area contributed by atoms with Gasteiger partial charge < -0.3 is 5.11 Å². The van der Waals surface area contributed by atoms with Gasteiger partial charge in [-0.3, -0.25) is 0 Å². The molecular weight excluding hydrogens is 349 g/mol. The summed E-state index contributed by atoms with van der Waals surface area (Å²) in [6.07, 6.45) is 2.06. The van der Waals surface area contributed by atoms with Gasteiger partial charge in [-0.05, 0) is 19.9 Å². The Morgan fingerprint density at radius 3 is 2.37 bits per heavy atom. The van der Waals surface area contributed by atoms with Crippen molar-refractivity contribution in [2.45, 2.75) is 28.9 Å². The number of hydrogen-bond acceptors (Lipinski definition) is 1. The van der Waals surface area contributed by atoms with Crippen molar-refractivity contribution < 1.29 is 9.67 Å². The average molecular weight is 366 g/mol. The van der Waals surface area contributed by atoms with Gasteiger partial charge in [-0.2, -0.15) is 4.57 Å². The first-order valence-electron chi connectivity index (χ1n) is 6.43. The average Bonchev–Trinajstić information content (AvgIpc) is 2.55. The number of fused-ring (bicyclic) bond motifs is 1. The van der Waals surface area contributed by atoms with Gasteiger partial charge in [0.2, 0.25) is 11.7 Å². The number of alkyl halides is 1. The molecule has 1 N–H and O–H groups in total. The first-order valence-corrected chi connectivity index (χ1v) is 7.51. The number of benzene rings is 1. The molecule has 2 heterocycles. The fourth-order valence-corrected chi connectivity index (χ4v) is 3.92. The number of pyridine rings is 1. The summed E-state index contributed by atoms with van der Waals surface area (Å²) in [5.41, 5.74) is 1.35. The van der Waals surface area contributed by atoms with E-state index in [1.165, 1.54) is 5.56 Å². The summed E-state index contributed by atoms with van der Waals surface area (Å²) in [6.45, 7) is 4.03. The zero-order valence-corrected chi connectivity index (χ0v) is 13.2. The highest BCUT2D eigenvalue weighted by Crippen LogP contribution is 2.51. The van der Waals surface area contributed by atoms with Crippen molar-refractivity contribution in [1.29, 1.82) is 0 Å². The summed E-state index contributed by atoms with van der Waals surface area (Å²) in [5, 5.41) is 11.0. The van der Waals surface area contributed by atoms with E-state index in [0.717, 1.165) is 5.69 Å². The summed E-state index contributed by atoms with van der Waals surface area (Å²) in [4.78, 5) is 0. The molecule has 0 radical (unpaired) electrons. The van der Waals surface area contributed by atoms with Crippen LogP contribution in [0.5, 0.6) is 0 Å². The molecule has 0 aliphatic carbocycles. The first-order chi connectivity index (χ1) is 8.96. The van der Waals surface area contributed by atoms with Crippen molar-refractivity contribution in [3.05, 3.63) is 66.0 Å². The van der Waals surface area contributed by atoms with E-state index >= 15 is 0 Å². The molecule has 1 aliphatic rings. The van der Waals surface area contributed by atoms with E-state index in [-0.39, 0.29) is 9.46 Å². The van der Waals surface area contributed by atoms with Crippen LogP contribution in [0.25, 0.3) is 0 Å². The van der Waals surface area contributed by atoms with Crippen molar-refractivity contribution in [1.82, 2.24) is 0 Å². The quantitative estimate of drug-likeness (QED) is 0.468. The monoisotopic (exact) mass is 366 g/mol. The van der Waals surface area contributed by atoms with Crippen LogP contribution in [0.4, 0.5) is 0 Å². The van der Waals surface area contributed by atoms with Crippen LogP contribution < -0.4 is 4.57 Å². The largest absolute Gasteiger partial charge is 0.377 e. The van der Waals surface area contributed by atoms with Crippen LogP contribution in [0.3, 0.4) is 0 Å². The Morgan fingerprint density at radius 2 is 1.68 bits per heavy atom. The van der Waals surface area contributed by atoms with Gasteiger partial charge in [0, 0.05) is 17.7 Å². The number of rotatable bonds is 1. The Kier molecular flexibility index (Phi) is 2.94. The molecule has 0 saturated carbocycles. The molecule has 0 amide bonds. The van der Waals surface area contributed by atoms with Gasteiger partial charge in [0.15, 0.2) is 11.8 Å². The van der Waals surface area contributed by atoms with E-state index in [4.69, 9.17) is 0 Å². The highest BCUT2D eigenvalue weighted by molar-refractivity contribution is 14.1. The Balaban J connectivity index is 2.25. The molecule has 3 heteroatoms. The van der Waals surface area contributed by atoms with Crippen LogP contribution in [0.15, 0.2) is 54.7 Å². The smallest absolute Gasteiger partial charge is 0.215 e. The molecule has 3 unspecified atom stereocenters. The second kappa shape index (κ2) is 4.28. The maximum Gasteiger partial charge on any atom is 0.215 e. The molecule has 98 valence electrons. The predicted octanol–water partition coefficient (Wildman–Crippen LogP) is 2.98. The molecule has 0 bridgehead atoms. The van der Waals surface area contributed by atoms with E-state index < -0.39 is 5.60 Å². The number of hydrogen-bond donors (Lipinski definition) is 1. The molecule has 19 heavy (non-hydrogen) atoms. The Hall–Kier alpha value is -0.940. The number of aliphatic hydroxyl groups is 1. The van der Waals surface area contributed by atoms with Crippen LogP contribution in [0.2, 0.25) is 0 Å². The SMILES string of the molecule is CC1(O)c2cccc[n+]2C(c2ccccc2)C1(C)I. The van der Waals surface area contributed by atoms with Crippen molar-refractivity contribution >= 4 is 22.6 Å². The van der Waals surface area contributed by atoms with Crippen LogP contribution in [-0.4, -0.2) is 8.53 Å². The maximum absolute atomic E-state index is 11.0. The molecule has 0 fully saturated rings. The summed E-state index contributed by atoms with van der Waals surface area (Å²) < 4.78 is 1.90. The molecule has 2 nitrogen and oxygen atoms in total. The Bertz CT molecular complexity index is 607. The van der Waals surface area contributed by atoms with E-state index in [0.29, 0.717) is 0 Å². The first kappa shape index (κ1) is 13.1. The van der Waals surface area contributed by atoms with Crippen LogP contribution in [0, 0.1) is 0 Å². The maximum atomic E-state index is 11.0. The summed E-state index contributed by atoms with van der Waals surface area (Å²) in [5.74, 6) is 0. The number of aromatic nitrogens is 1. The predicted molar refractivity (Wildman–Crippen MR) is 83.2 cm³/mol. The lowest BCUT2D eigenvalue weighted by Gasteiger charge is -2.30. The van der Waals surface area contributed by atoms with Crippen LogP contribution in [-0.2, 0) is 5.60 Å². The highest BCUT2D eigenvalue weighted by atomic mass is 127. The molecule has 1 aromatic carbocycles. The van der Waals surface area contributed by atoms with Gasteiger partial charge in [0.25, 0.3) is 0 Å². The summed E-state index contributed by atoms with van der Waals surface area (Å²) in [6, 6.07) is 16.6. The van der Waals surface area contributed by atoms with Crippen molar-refractivity contribution in [3.8, 4) is 0 Å². The van der Waals surface area contributed by atoms with Gasteiger partial charge in [0.05, 0.1) is 0 Å². The Labute approximate surface area is 127 Å². The summed E-state index contributed by atoms with van der Waals surface area (Å²) in [7, 11) is 0. The lowest BCUT2D eigenvalue weighted by atomic mass is 9.84. The topological polar surface area (TPSA) is 24.1 Å². The molecule has 0 saturated heterocycles. The molecule has 3 rings (SSSR count). The second-order valence-electron chi connectivity index (χ2n) is 5.45. The fraction of sp³-hybridized carbons (Fsp3) is 0.312. The van der Waals surface area contributed by atoms with Gasteiger partial charge in [0.1, 0.15) is 3.42 Å². The number of nitrogens with zero attached hydrogens (tertiary/aromatic N) is 1. The van der Waals surface area contributed by atoms with Crippen molar-refractivity contribution in [2.75, 3.05) is 0 Å². The van der Waals surface area contributed by atoms with Gasteiger partial charge in [-0.1, -0.05) is 52.9 Å². The third-order valence-electron chi connectivity index (χ3n) is 4.25. The molecule has 3 atom stereocenters. The van der Waals surface area contributed by atoms with Gasteiger partial charge in [-0.25, -0.2) is 0 Å². The standard InChI is InChI=1S/C16H17INO/c1-15(17)14(12-8-4-3-5-9-12)18-11-7-6-10-13(18)16(15,2)19/h3-11,14,19H,1-2H3/q+1. The third kappa shape index (κ3) is 1.75. The van der Waals surface area contributed by atoms with Crippen molar-refractivity contribution in [2.24, 2.45) is 0 Å². The lowest BCUT2D eigenvalue weighted by molar-refractivity contribution is -0.709. The fourth-order valence-electron chi connectivity index (χ4n) is 2.98. The van der Waals surface area contributed by atoms with E-state index in [1.807, 2.05) is 31.2 Å². The zero-order valence-electron chi connectivity index (χ0n) is 11.0. The minimum atomic E-state index is -0.852. The van der Waals surface area contributed by atoms with Crippen LogP contribution >= 0.6 is 22.6 Å². The van der Waals surface area contributed by atoms with Gasteiger partial charge >= 0.3 is 0 Å². The normalized spacial score (nSPS) is 33.2. The van der Waals surface area contributed by atoms with E-state index in [9.17, 15) is 5.11 Å². The molecule has 1 aliphatic heterocycles. The van der Waals surface area contributed by atoms with Crippen molar-refractivity contribution in [3.63, 3.8) is 0 Å². The number of halogens is 1. The lowest BCUT2D eigenvalue weighted by Crippen LogP contribution is -2.45. The molecule has 1 aromatic heterocycles. The molecule has 2 aromatic rings. The highest BCUT2D eigenvalue weighted by Gasteiger charge is 2.63. The molecular formula is C16H17INO+. The Morgan fingerprint density at radius 1 is 1.05 bits per heavy atom. The van der Waals surface area contributed by atoms with Gasteiger partial charge in [-0.15, -0.1) is 0 Å². The molecule has 0 spiro atoms. The second-order valence-corrected chi connectivity index (χ2v) is 7.70.